The van der Waals surface area contributed by atoms with E-state index in [1.165, 1.54) is 38.8 Å². The molecule has 0 saturated heterocycles. The van der Waals surface area contributed by atoms with Gasteiger partial charge in [0, 0.05) is 6.04 Å². The van der Waals surface area contributed by atoms with E-state index in [1.807, 2.05) is 0 Å². The largest absolute Gasteiger partial charge is 0.317 e. The Kier molecular flexibility index (Phi) is 9.94. The highest BCUT2D eigenvalue weighted by molar-refractivity contribution is 4.53. The summed E-state index contributed by atoms with van der Waals surface area (Å²) in [6.07, 6.45) is 5.39. The third-order valence-electron chi connectivity index (χ3n) is 2.08. The third-order valence-corrected chi connectivity index (χ3v) is 2.08. The second-order valence-electron chi connectivity index (χ2n) is 3.88. The van der Waals surface area contributed by atoms with Crippen LogP contribution < -0.4 is 10.6 Å². The summed E-state index contributed by atoms with van der Waals surface area (Å²) in [7, 11) is 0. The molecule has 13 heavy (non-hydrogen) atoms. The Morgan fingerprint density at radius 3 is 2.08 bits per heavy atom. The van der Waals surface area contributed by atoms with Crippen molar-refractivity contribution in [1.29, 1.82) is 0 Å². The molecule has 0 saturated carbocycles. The van der Waals surface area contributed by atoms with Gasteiger partial charge in [-0.1, -0.05) is 33.6 Å². The van der Waals surface area contributed by atoms with Crippen LogP contribution in [0.15, 0.2) is 0 Å². The molecule has 0 aliphatic carbocycles. The van der Waals surface area contributed by atoms with Crippen LogP contribution in [0, 0.1) is 0 Å². The molecule has 0 aromatic heterocycles. The second kappa shape index (κ2) is 10.0. The van der Waals surface area contributed by atoms with E-state index in [-0.39, 0.29) is 0 Å². The van der Waals surface area contributed by atoms with E-state index in [2.05, 4.69) is 31.4 Å². The van der Waals surface area contributed by atoms with Crippen LogP contribution in [0.3, 0.4) is 0 Å². The fourth-order valence-electron chi connectivity index (χ4n) is 1.30. The number of hydrogen-bond acceptors (Lipinski definition) is 2. The summed E-state index contributed by atoms with van der Waals surface area (Å²) in [5, 5.41) is 6.77. The van der Waals surface area contributed by atoms with Crippen molar-refractivity contribution in [2.45, 2.75) is 52.5 Å². The Bertz CT molecular complexity index is 92.1. The first-order valence-electron chi connectivity index (χ1n) is 5.71. The molecule has 0 aliphatic heterocycles. The maximum atomic E-state index is 3.43. The average molecular weight is 186 g/mol. The normalized spacial score (nSPS) is 11.1. The SMILES string of the molecule is CCNCCCCCCNC(C)C. The zero-order chi connectivity index (χ0) is 9.94. The molecular formula is C11H26N2. The molecule has 0 heterocycles. The topological polar surface area (TPSA) is 24.1 Å². The molecule has 0 spiro atoms. The predicted octanol–water partition coefficient (Wildman–Crippen LogP) is 2.15. The van der Waals surface area contributed by atoms with Crippen LogP contribution in [-0.2, 0) is 0 Å². The van der Waals surface area contributed by atoms with Crippen molar-refractivity contribution >= 4 is 0 Å². The smallest absolute Gasteiger partial charge is 0.00103 e. The minimum Gasteiger partial charge on any atom is -0.317 e. The second-order valence-corrected chi connectivity index (χ2v) is 3.88. The zero-order valence-electron chi connectivity index (χ0n) is 9.53. The van der Waals surface area contributed by atoms with Crippen molar-refractivity contribution in [3.63, 3.8) is 0 Å². The van der Waals surface area contributed by atoms with E-state index in [0.29, 0.717) is 6.04 Å². The summed E-state index contributed by atoms with van der Waals surface area (Å²) in [5.74, 6) is 0. The molecule has 0 aliphatic rings. The molecule has 0 aromatic carbocycles. The summed E-state index contributed by atoms with van der Waals surface area (Å²) in [4.78, 5) is 0. The first-order chi connectivity index (χ1) is 6.27. The molecule has 80 valence electrons. The quantitative estimate of drug-likeness (QED) is 0.539. The standard InChI is InChI=1S/C11H26N2/c1-4-12-9-7-5-6-8-10-13-11(2)3/h11-13H,4-10H2,1-3H3. The fourth-order valence-corrected chi connectivity index (χ4v) is 1.30. The molecule has 0 fully saturated rings. The first kappa shape index (κ1) is 12.9. The lowest BCUT2D eigenvalue weighted by atomic mass is 10.2. The van der Waals surface area contributed by atoms with Crippen molar-refractivity contribution in [2.24, 2.45) is 0 Å². The van der Waals surface area contributed by atoms with Crippen LogP contribution >= 0.6 is 0 Å². The lowest BCUT2D eigenvalue weighted by Gasteiger charge is -2.07. The Balaban J connectivity index is 2.84. The number of rotatable bonds is 9. The van der Waals surface area contributed by atoms with Crippen LogP contribution in [-0.4, -0.2) is 25.7 Å². The van der Waals surface area contributed by atoms with Crippen molar-refractivity contribution in [3.8, 4) is 0 Å². The van der Waals surface area contributed by atoms with Crippen molar-refractivity contribution in [3.05, 3.63) is 0 Å². The minimum atomic E-state index is 0.641. The minimum absolute atomic E-state index is 0.641. The van der Waals surface area contributed by atoms with Crippen LogP contribution in [0.4, 0.5) is 0 Å². The Morgan fingerprint density at radius 1 is 0.923 bits per heavy atom. The molecule has 0 aromatic rings. The van der Waals surface area contributed by atoms with Gasteiger partial charge in [0.2, 0.25) is 0 Å². The van der Waals surface area contributed by atoms with Crippen LogP contribution in [0.2, 0.25) is 0 Å². The molecule has 0 rings (SSSR count). The van der Waals surface area contributed by atoms with Gasteiger partial charge in [0.15, 0.2) is 0 Å². The van der Waals surface area contributed by atoms with Gasteiger partial charge in [0.25, 0.3) is 0 Å². The Morgan fingerprint density at radius 2 is 1.54 bits per heavy atom. The van der Waals surface area contributed by atoms with Crippen LogP contribution in [0.1, 0.15) is 46.5 Å². The maximum absolute atomic E-state index is 3.43. The van der Waals surface area contributed by atoms with Gasteiger partial charge in [-0.25, -0.2) is 0 Å². The lowest BCUT2D eigenvalue weighted by molar-refractivity contribution is 0.535. The van der Waals surface area contributed by atoms with E-state index in [1.54, 1.807) is 0 Å². The van der Waals surface area contributed by atoms with E-state index >= 15 is 0 Å². The molecule has 0 radical (unpaired) electrons. The monoisotopic (exact) mass is 186 g/mol. The van der Waals surface area contributed by atoms with Crippen molar-refractivity contribution in [2.75, 3.05) is 19.6 Å². The zero-order valence-corrected chi connectivity index (χ0v) is 9.53. The highest BCUT2D eigenvalue weighted by atomic mass is 14.9. The predicted molar refractivity (Wildman–Crippen MR) is 60.2 cm³/mol. The molecule has 2 nitrogen and oxygen atoms in total. The average Bonchev–Trinajstić information content (AvgIpc) is 2.09. The van der Waals surface area contributed by atoms with Gasteiger partial charge in [0.1, 0.15) is 0 Å². The number of nitrogens with one attached hydrogen (secondary N) is 2. The molecule has 2 heteroatoms. The molecule has 0 unspecified atom stereocenters. The van der Waals surface area contributed by atoms with Gasteiger partial charge in [0.05, 0.1) is 0 Å². The van der Waals surface area contributed by atoms with Gasteiger partial charge >= 0.3 is 0 Å². The van der Waals surface area contributed by atoms with Gasteiger partial charge < -0.3 is 10.6 Å². The fraction of sp³-hybridized carbons (Fsp3) is 1.00. The summed E-state index contributed by atoms with van der Waals surface area (Å²) in [6.45, 7) is 10.0. The number of hydrogen-bond donors (Lipinski definition) is 2. The number of unbranched alkanes of at least 4 members (excludes halogenated alkanes) is 3. The van der Waals surface area contributed by atoms with E-state index in [4.69, 9.17) is 0 Å². The van der Waals surface area contributed by atoms with Gasteiger partial charge in [-0.15, -0.1) is 0 Å². The molecule has 0 amide bonds. The highest BCUT2D eigenvalue weighted by Crippen LogP contribution is 1.97. The van der Waals surface area contributed by atoms with Crippen LogP contribution in [0.25, 0.3) is 0 Å². The van der Waals surface area contributed by atoms with Crippen molar-refractivity contribution in [1.82, 2.24) is 10.6 Å². The summed E-state index contributed by atoms with van der Waals surface area (Å²) >= 11 is 0. The third kappa shape index (κ3) is 11.9. The van der Waals surface area contributed by atoms with Gasteiger partial charge in [-0.2, -0.15) is 0 Å². The highest BCUT2D eigenvalue weighted by Gasteiger charge is 1.92. The summed E-state index contributed by atoms with van der Waals surface area (Å²) in [5.41, 5.74) is 0. The molecular weight excluding hydrogens is 160 g/mol. The van der Waals surface area contributed by atoms with Gasteiger partial charge in [-0.05, 0) is 32.5 Å². The Hall–Kier alpha value is -0.0800. The summed E-state index contributed by atoms with van der Waals surface area (Å²) < 4.78 is 0. The lowest BCUT2D eigenvalue weighted by Crippen LogP contribution is -2.23. The van der Waals surface area contributed by atoms with E-state index in [9.17, 15) is 0 Å². The maximum Gasteiger partial charge on any atom is 0.00103 e. The Labute approximate surface area is 83.5 Å². The molecule has 2 N–H and O–H groups in total. The van der Waals surface area contributed by atoms with Gasteiger partial charge in [-0.3, -0.25) is 0 Å². The molecule has 0 atom stereocenters. The van der Waals surface area contributed by atoms with E-state index < -0.39 is 0 Å². The van der Waals surface area contributed by atoms with Crippen LogP contribution in [0.5, 0.6) is 0 Å². The summed E-state index contributed by atoms with van der Waals surface area (Å²) in [6, 6.07) is 0.641. The van der Waals surface area contributed by atoms with E-state index in [0.717, 1.165) is 6.54 Å². The first-order valence-corrected chi connectivity index (χ1v) is 5.71. The van der Waals surface area contributed by atoms with Crippen molar-refractivity contribution < 1.29 is 0 Å². The molecule has 0 bridgehead atoms.